The first kappa shape index (κ1) is 43.0. The highest BCUT2D eigenvalue weighted by Crippen LogP contribution is 2.43. The molecule has 5 aromatic rings. The molecule has 14 heteroatoms. The number of rotatable bonds is 6. The van der Waals surface area contributed by atoms with Gasteiger partial charge in [0.15, 0.2) is 17.1 Å². The molecule has 9 unspecified atom stereocenters. The van der Waals surface area contributed by atoms with Crippen molar-refractivity contribution in [3.63, 3.8) is 0 Å². The van der Waals surface area contributed by atoms with Crippen molar-refractivity contribution >= 4 is 44.1 Å². The van der Waals surface area contributed by atoms with E-state index in [0.29, 0.717) is 30.0 Å². The van der Waals surface area contributed by atoms with Gasteiger partial charge in [0.25, 0.3) is 0 Å². The van der Waals surface area contributed by atoms with Crippen molar-refractivity contribution in [2.75, 3.05) is 24.8 Å². The van der Waals surface area contributed by atoms with Crippen molar-refractivity contribution in [3.8, 4) is 34.5 Å². The second kappa shape index (κ2) is 18.8. The number of H-pyrrole nitrogens is 1. The van der Waals surface area contributed by atoms with E-state index in [1.54, 1.807) is 22.9 Å². The van der Waals surface area contributed by atoms with Crippen molar-refractivity contribution in [2.24, 2.45) is 11.8 Å². The Kier molecular flexibility index (Phi) is 12.9. The van der Waals surface area contributed by atoms with E-state index in [9.17, 15) is 30.0 Å². The Hall–Kier alpha value is -5.24. The van der Waals surface area contributed by atoms with Gasteiger partial charge >= 0.3 is 5.97 Å². The molecule has 2 saturated heterocycles. The highest BCUT2D eigenvalue weighted by atomic mass is 33.1. The summed E-state index contributed by atoms with van der Waals surface area (Å²) >= 11 is 0. The summed E-state index contributed by atoms with van der Waals surface area (Å²) in [6.07, 6.45) is 8.70. The average molecular weight is 889 g/mol. The second-order valence-electron chi connectivity index (χ2n) is 16.5. The van der Waals surface area contributed by atoms with Crippen molar-refractivity contribution in [1.29, 1.82) is 0 Å². The lowest BCUT2D eigenvalue weighted by Gasteiger charge is -2.48. The van der Waals surface area contributed by atoms with Crippen LogP contribution in [-0.4, -0.2) is 86.4 Å². The fourth-order valence-corrected chi connectivity index (χ4v) is 11.4. The van der Waals surface area contributed by atoms with Gasteiger partial charge in [-0.15, -0.1) is 11.8 Å². The maximum Gasteiger partial charge on any atom is 0.335 e. The lowest BCUT2D eigenvalue weighted by atomic mass is 9.75. The fourth-order valence-electron chi connectivity index (χ4n) is 9.33. The Morgan fingerprint density at radius 3 is 2.70 bits per heavy atom. The molecule has 2 fully saturated rings. The van der Waals surface area contributed by atoms with Crippen LogP contribution in [0.4, 0.5) is 0 Å². The van der Waals surface area contributed by atoms with Crippen LogP contribution < -0.4 is 15.5 Å². The van der Waals surface area contributed by atoms with Crippen molar-refractivity contribution in [1.82, 2.24) is 10.3 Å². The molecule has 0 saturated carbocycles. The Morgan fingerprint density at radius 2 is 1.87 bits per heavy atom. The van der Waals surface area contributed by atoms with Gasteiger partial charge in [-0.2, -0.15) is 0 Å². The molecule has 63 heavy (non-hydrogen) atoms. The fraction of sp³-hybridized carbons (Fsp3) is 0.347. The topological polar surface area (TPSA) is 184 Å². The van der Waals surface area contributed by atoms with Crippen molar-refractivity contribution < 1.29 is 43.8 Å². The van der Waals surface area contributed by atoms with Crippen LogP contribution in [0.5, 0.6) is 11.5 Å². The minimum Gasteiger partial charge on any atom is -0.508 e. The normalized spacial score (nSPS) is 29.0. The molecule has 0 amide bonds. The van der Waals surface area contributed by atoms with Crippen molar-refractivity contribution in [3.05, 3.63) is 137 Å². The standard InChI is InChI=1S/C49H48N2O10S2/c52-34-16-14-32(15-17-34)40-25-58-42-22-35(18-19-38(42)43(40)53)60-48-49(57)27-51-24-39(30-7-3-1-2-6-29-10-12-31(13-11-30)37-9-5-4-8-36(29)37)41(33-20-21-50-23-33)26-62-63-28-59-46(49)44(54)45(61-48)47(55)56/h4-5,8-10,12-23,25,29-30,39,41,44-46,48,50-52,54,57H,2,6-7,11,24,26-28H2,(H,55,56). The quantitative estimate of drug-likeness (QED) is 0.0732. The van der Waals surface area contributed by atoms with Crippen LogP contribution in [0.2, 0.25) is 0 Å². The molecule has 6 N–H and O–H groups in total. The summed E-state index contributed by atoms with van der Waals surface area (Å²) < 4.78 is 24.3. The molecule has 9 atom stereocenters. The Morgan fingerprint density at radius 1 is 1.02 bits per heavy atom. The minimum atomic E-state index is -2.12. The molecule has 3 aliphatic carbocycles. The summed E-state index contributed by atoms with van der Waals surface area (Å²) in [7, 11) is 3.04. The van der Waals surface area contributed by atoms with Crippen LogP contribution in [0, 0.1) is 23.7 Å². The zero-order chi connectivity index (χ0) is 43.5. The maximum atomic E-state index is 13.5. The van der Waals surface area contributed by atoms with E-state index in [2.05, 4.69) is 70.7 Å². The number of allylic oxidation sites excluding steroid dienone is 4. The van der Waals surface area contributed by atoms with E-state index >= 15 is 0 Å². The first-order chi connectivity index (χ1) is 30.7. The average Bonchev–Trinajstić information content (AvgIpc) is 3.82. The monoisotopic (exact) mass is 888 g/mol. The van der Waals surface area contributed by atoms with E-state index in [1.165, 1.54) is 64.1 Å². The number of aliphatic hydroxyl groups excluding tert-OH is 1. The number of aromatic nitrogens is 1. The van der Waals surface area contributed by atoms with Gasteiger partial charge in [0.05, 0.1) is 10.9 Å². The first-order valence-electron chi connectivity index (χ1n) is 21.1. The van der Waals surface area contributed by atoms with Crippen LogP contribution in [0.3, 0.4) is 0 Å². The molecular weight excluding hydrogens is 841 g/mol. The molecule has 0 radical (unpaired) electrons. The number of phenols is 1. The van der Waals surface area contributed by atoms with Gasteiger partial charge < -0.3 is 49.4 Å². The SMILES string of the molecule is O=C(O)C1OC(Oc2ccc3c(=O)c(-c4ccc(O)cc4)coc3c2)C2(O)CNCC(C3CC#CCCC4C=CC(=CC3)c3ccccc34)C(c3cc[nH]c3)CSSCOC2C1O. The van der Waals surface area contributed by atoms with Gasteiger partial charge in [-0.1, -0.05) is 76.2 Å². The number of hydrogen-bond acceptors (Lipinski definition) is 12. The number of fused-ring (bicyclic) bond motifs is 8. The summed E-state index contributed by atoms with van der Waals surface area (Å²) in [5.41, 5.74) is 3.53. The van der Waals surface area contributed by atoms with Gasteiger partial charge in [-0.25, -0.2) is 4.79 Å². The number of carbonyl (C=O) groups is 1. The molecule has 326 valence electrons. The Balaban J connectivity index is 1.04. The van der Waals surface area contributed by atoms with E-state index in [-0.39, 0.29) is 58.1 Å². The molecular formula is C49H48N2O10S2. The van der Waals surface area contributed by atoms with Gasteiger partial charge in [-0.05, 0) is 95.3 Å². The smallest absolute Gasteiger partial charge is 0.335 e. The number of ether oxygens (including phenoxy) is 3. The molecule has 2 bridgehead atoms. The lowest BCUT2D eigenvalue weighted by Crippen LogP contribution is -2.72. The van der Waals surface area contributed by atoms with Gasteiger partial charge in [-0.3, -0.25) is 4.79 Å². The third-order valence-corrected chi connectivity index (χ3v) is 14.8. The minimum absolute atomic E-state index is 0.0105. The summed E-state index contributed by atoms with van der Waals surface area (Å²) in [5, 5.41) is 48.0. The molecule has 12 nitrogen and oxygen atoms in total. The highest BCUT2D eigenvalue weighted by molar-refractivity contribution is 8.76. The van der Waals surface area contributed by atoms with Crippen LogP contribution in [0.1, 0.15) is 54.2 Å². The number of aliphatic hydroxyl groups is 2. The van der Waals surface area contributed by atoms with Gasteiger partial charge in [0, 0.05) is 49.5 Å². The molecule has 3 aromatic carbocycles. The van der Waals surface area contributed by atoms with Crippen LogP contribution in [0.15, 0.2) is 119 Å². The largest absolute Gasteiger partial charge is 0.508 e. The van der Waals surface area contributed by atoms with E-state index in [0.717, 1.165) is 30.6 Å². The molecule has 2 aliphatic heterocycles. The number of benzene rings is 3. The maximum absolute atomic E-state index is 13.5. The predicted molar refractivity (Wildman–Crippen MR) is 243 cm³/mol. The number of hydrogen-bond donors (Lipinski definition) is 6. The van der Waals surface area contributed by atoms with E-state index in [4.69, 9.17) is 18.6 Å². The summed E-state index contributed by atoms with van der Waals surface area (Å²) in [6.45, 7) is 0.228. The number of nitrogens with one attached hydrogen (secondary N) is 2. The highest BCUT2D eigenvalue weighted by Gasteiger charge is 2.59. The summed E-state index contributed by atoms with van der Waals surface area (Å²) in [4.78, 5) is 29.3. The molecule has 10 rings (SSSR count). The molecule has 5 aliphatic rings. The van der Waals surface area contributed by atoms with Crippen molar-refractivity contribution in [2.45, 2.75) is 67.7 Å². The zero-order valence-corrected chi connectivity index (χ0v) is 35.9. The lowest BCUT2D eigenvalue weighted by molar-refractivity contribution is -0.316. The van der Waals surface area contributed by atoms with Crippen LogP contribution >= 0.6 is 21.6 Å². The summed E-state index contributed by atoms with van der Waals surface area (Å²) in [5.74, 6) is 7.02. The number of aliphatic carboxylic acids is 1. The number of aromatic amines is 1. The predicted octanol–water partition coefficient (Wildman–Crippen LogP) is 7.43. The Bertz CT molecular complexity index is 2620. The Labute approximate surface area is 372 Å². The van der Waals surface area contributed by atoms with E-state index < -0.39 is 36.2 Å². The van der Waals surface area contributed by atoms with Gasteiger partial charge in [0.2, 0.25) is 6.29 Å². The third kappa shape index (κ3) is 8.97. The van der Waals surface area contributed by atoms with Crippen LogP contribution in [0.25, 0.3) is 27.7 Å². The van der Waals surface area contributed by atoms with E-state index in [1.807, 2.05) is 12.4 Å². The summed E-state index contributed by atoms with van der Waals surface area (Å²) in [6, 6.07) is 21.4. The molecule has 0 spiro atoms. The third-order valence-electron chi connectivity index (χ3n) is 12.7. The second-order valence-corrected chi connectivity index (χ2v) is 18.9. The number of phenolic OH excluding ortho intramolecular Hbond substituents is 1. The first-order valence-corrected chi connectivity index (χ1v) is 23.6. The number of aromatic hydroxyl groups is 1. The van der Waals surface area contributed by atoms with Crippen LogP contribution in [-0.2, 0) is 14.3 Å². The zero-order valence-electron chi connectivity index (χ0n) is 34.2. The number of carboxylic acids is 1. The molecule has 2 aromatic heterocycles. The molecule has 4 heterocycles. The van der Waals surface area contributed by atoms with Gasteiger partial charge in [0.1, 0.15) is 41.5 Å². The number of carboxylic acid groups (broad SMARTS) is 1. The number of β-amino-alcohol motifs (C(OH)–C–C–N with tert-alkyl or cyclic N) is 1.